The molecule has 0 fully saturated rings. The first kappa shape index (κ1) is 18.7. The summed E-state index contributed by atoms with van der Waals surface area (Å²) in [6.07, 6.45) is 0. The van der Waals surface area contributed by atoms with Gasteiger partial charge in [0.15, 0.2) is 6.61 Å². The Morgan fingerprint density at radius 2 is 1.78 bits per heavy atom. The number of rotatable bonds is 6. The summed E-state index contributed by atoms with van der Waals surface area (Å²) in [6, 6.07) is 14.0. The van der Waals surface area contributed by atoms with E-state index in [0.29, 0.717) is 5.56 Å². The minimum Gasteiger partial charge on any atom is -0.452 e. The lowest BCUT2D eigenvalue weighted by molar-refractivity contribution is -0.124. The lowest BCUT2D eigenvalue weighted by Gasteiger charge is -2.18. The Labute approximate surface area is 158 Å². The van der Waals surface area contributed by atoms with Crippen molar-refractivity contribution in [3.63, 3.8) is 0 Å². The monoisotopic (exact) mass is 387 g/mol. The highest BCUT2D eigenvalue weighted by atomic mass is 32.1. The van der Waals surface area contributed by atoms with Gasteiger partial charge in [-0.2, -0.15) is 0 Å². The molecular weight excluding hydrogens is 372 g/mol. The van der Waals surface area contributed by atoms with Crippen molar-refractivity contribution in [3.8, 4) is 0 Å². The normalized spacial score (nSPS) is 11.6. The lowest BCUT2D eigenvalue weighted by atomic mass is 10.1. The van der Waals surface area contributed by atoms with Gasteiger partial charge in [-0.05, 0) is 47.3 Å². The number of carbonyl (C=O) groups excluding carboxylic acids is 2. The van der Waals surface area contributed by atoms with Crippen LogP contribution in [-0.2, 0) is 9.53 Å². The molecular formula is C20H15F2NO3S. The molecule has 4 nitrogen and oxygen atoms in total. The first-order chi connectivity index (χ1) is 13.0. The van der Waals surface area contributed by atoms with E-state index in [0.717, 1.165) is 10.9 Å². The highest BCUT2D eigenvalue weighted by molar-refractivity contribution is 7.10. The van der Waals surface area contributed by atoms with Crippen LogP contribution < -0.4 is 5.32 Å². The zero-order chi connectivity index (χ0) is 19.2. The standard InChI is InChI=1S/C20H15F2NO3S/c21-15-8-6-13(7-9-15)19(17-5-2-10-27-17)23-18(24)12-26-20(25)14-3-1-4-16(22)11-14/h1-11,19H,12H2,(H,23,24). The van der Waals surface area contributed by atoms with Gasteiger partial charge in [-0.3, -0.25) is 4.79 Å². The van der Waals surface area contributed by atoms with E-state index in [9.17, 15) is 18.4 Å². The van der Waals surface area contributed by atoms with Crippen LogP contribution in [0.15, 0.2) is 66.0 Å². The van der Waals surface area contributed by atoms with Crippen LogP contribution in [0.4, 0.5) is 8.78 Å². The van der Waals surface area contributed by atoms with Gasteiger partial charge >= 0.3 is 5.97 Å². The Morgan fingerprint density at radius 1 is 1.00 bits per heavy atom. The van der Waals surface area contributed by atoms with Crippen molar-refractivity contribution in [3.05, 3.63) is 93.7 Å². The molecule has 1 amide bonds. The molecule has 2 aromatic carbocycles. The van der Waals surface area contributed by atoms with Gasteiger partial charge in [-0.25, -0.2) is 13.6 Å². The minimum atomic E-state index is -0.792. The van der Waals surface area contributed by atoms with Gasteiger partial charge < -0.3 is 10.1 Å². The summed E-state index contributed by atoms with van der Waals surface area (Å²) >= 11 is 1.44. The largest absolute Gasteiger partial charge is 0.452 e. The van der Waals surface area contributed by atoms with Crippen molar-refractivity contribution in [2.75, 3.05) is 6.61 Å². The second-order valence-corrected chi connectivity index (χ2v) is 6.63. The third kappa shape index (κ3) is 4.98. The first-order valence-corrected chi connectivity index (χ1v) is 8.92. The molecule has 0 aliphatic rings. The zero-order valence-electron chi connectivity index (χ0n) is 14.0. The summed E-state index contributed by atoms with van der Waals surface area (Å²) in [7, 11) is 0. The van der Waals surface area contributed by atoms with Crippen LogP contribution in [-0.4, -0.2) is 18.5 Å². The number of benzene rings is 2. The predicted octanol–water partition coefficient (Wildman–Crippen LogP) is 4.09. The molecule has 1 heterocycles. The molecule has 0 bridgehead atoms. The highest BCUT2D eigenvalue weighted by Gasteiger charge is 2.19. The third-order valence-corrected chi connectivity index (χ3v) is 4.67. The minimum absolute atomic E-state index is 0.0242. The number of ether oxygens (including phenoxy) is 1. The molecule has 0 aliphatic heterocycles. The summed E-state index contributed by atoms with van der Waals surface area (Å²) in [5.41, 5.74) is 0.722. The lowest BCUT2D eigenvalue weighted by Crippen LogP contribution is -2.32. The number of hydrogen-bond donors (Lipinski definition) is 1. The van der Waals surface area contributed by atoms with E-state index in [4.69, 9.17) is 4.74 Å². The molecule has 3 aromatic rings. The van der Waals surface area contributed by atoms with Crippen molar-refractivity contribution in [2.45, 2.75) is 6.04 Å². The molecule has 7 heteroatoms. The third-order valence-electron chi connectivity index (χ3n) is 3.73. The summed E-state index contributed by atoms with van der Waals surface area (Å²) in [6.45, 7) is -0.515. The molecule has 0 saturated heterocycles. The predicted molar refractivity (Wildman–Crippen MR) is 97.4 cm³/mol. The Kier molecular flexibility index (Phi) is 5.93. The highest BCUT2D eigenvalue weighted by Crippen LogP contribution is 2.26. The number of amides is 1. The Hall–Kier alpha value is -3.06. The zero-order valence-corrected chi connectivity index (χ0v) is 14.8. The SMILES string of the molecule is O=C(COC(=O)c1cccc(F)c1)NC(c1ccc(F)cc1)c1cccs1. The molecule has 138 valence electrons. The molecule has 1 unspecified atom stereocenters. The maximum Gasteiger partial charge on any atom is 0.338 e. The molecule has 27 heavy (non-hydrogen) atoms. The molecule has 1 atom stereocenters. The number of halogens is 2. The van der Waals surface area contributed by atoms with E-state index >= 15 is 0 Å². The van der Waals surface area contributed by atoms with Crippen LogP contribution in [0.2, 0.25) is 0 Å². The summed E-state index contributed by atoms with van der Waals surface area (Å²) in [5, 5.41) is 4.63. The van der Waals surface area contributed by atoms with E-state index < -0.39 is 30.3 Å². The summed E-state index contributed by atoms with van der Waals surface area (Å²) in [4.78, 5) is 25.0. The number of carbonyl (C=O) groups is 2. The second-order valence-electron chi connectivity index (χ2n) is 5.65. The smallest absolute Gasteiger partial charge is 0.338 e. The first-order valence-electron chi connectivity index (χ1n) is 8.04. The maximum atomic E-state index is 13.2. The fourth-order valence-electron chi connectivity index (χ4n) is 2.46. The van der Waals surface area contributed by atoms with E-state index in [1.165, 1.54) is 41.7 Å². The molecule has 0 spiro atoms. The number of nitrogens with one attached hydrogen (secondary N) is 1. The average Bonchev–Trinajstić information content (AvgIpc) is 3.19. The van der Waals surface area contributed by atoms with Gasteiger partial charge in [0.2, 0.25) is 0 Å². The summed E-state index contributed by atoms with van der Waals surface area (Å²) in [5.74, 6) is -2.26. The van der Waals surface area contributed by atoms with E-state index in [1.54, 1.807) is 12.1 Å². The Morgan fingerprint density at radius 3 is 2.44 bits per heavy atom. The van der Waals surface area contributed by atoms with Gasteiger partial charge in [-0.1, -0.05) is 24.3 Å². The van der Waals surface area contributed by atoms with E-state index in [-0.39, 0.29) is 11.4 Å². The van der Waals surface area contributed by atoms with Crippen LogP contribution in [0.3, 0.4) is 0 Å². The van der Waals surface area contributed by atoms with Crippen molar-refractivity contribution in [1.29, 1.82) is 0 Å². The van der Waals surface area contributed by atoms with Gasteiger partial charge in [0.25, 0.3) is 5.91 Å². The quantitative estimate of drug-likeness (QED) is 0.648. The maximum absolute atomic E-state index is 13.2. The fraction of sp³-hybridized carbons (Fsp3) is 0.100. The van der Waals surface area contributed by atoms with Crippen LogP contribution >= 0.6 is 11.3 Å². The van der Waals surface area contributed by atoms with Gasteiger partial charge in [0, 0.05) is 4.88 Å². The average molecular weight is 387 g/mol. The van der Waals surface area contributed by atoms with Crippen molar-refractivity contribution in [1.82, 2.24) is 5.32 Å². The van der Waals surface area contributed by atoms with Gasteiger partial charge in [0.05, 0.1) is 11.6 Å². The van der Waals surface area contributed by atoms with Crippen LogP contribution in [0.25, 0.3) is 0 Å². The number of esters is 1. The second kappa shape index (κ2) is 8.55. The Bertz CT molecular complexity index is 927. The van der Waals surface area contributed by atoms with Crippen molar-refractivity contribution >= 4 is 23.2 Å². The topological polar surface area (TPSA) is 55.4 Å². The number of hydrogen-bond acceptors (Lipinski definition) is 4. The Balaban J connectivity index is 1.66. The molecule has 1 aromatic heterocycles. The number of thiophene rings is 1. The van der Waals surface area contributed by atoms with Crippen LogP contribution in [0.1, 0.15) is 26.8 Å². The van der Waals surface area contributed by atoms with Crippen molar-refractivity contribution in [2.24, 2.45) is 0 Å². The molecule has 3 rings (SSSR count). The molecule has 1 N–H and O–H groups in total. The summed E-state index contributed by atoms with van der Waals surface area (Å²) < 4.78 is 31.3. The molecule has 0 saturated carbocycles. The van der Waals surface area contributed by atoms with E-state index in [2.05, 4.69) is 5.32 Å². The van der Waals surface area contributed by atoms with Crippen LogP contribution in [0, 0.1) is 11.6 Å². The van der Waals surface area contributed by atoms with Gasteiger partial charge in [-0.15, -0.1) is 11.3 Å². The molecule has 0 radical (unpaired) electrons. The van der Waals surface area contributed by atoms with Gasteiger partial charge in [0.1, 0.15) is 11.6 Å². The van der Waals surface area contributed by atoms with Crippen molar-refractivity contribution < 1.29 is 23.1 Å². The van der Waals surface area contributed by atoms with E-state index in [1.807, 2.05) is 17.5 Å². The van der Waals surface area contributed by atoms with Crippen LogP contribution in [0.5, 0.6) is 0 Å². The fourth-order valence-corrected chi connectivity index (χ4v) is 3.26. The molecule has 0 aliphatic carbocycles.